The molecule has 2 amide bonds. The maximum atomic E-state index is 12.1. The average Bonchev–Trinajstić information content (AvgIpc) is 2.56. The van der Waals surface area contributed by atoms with E-state index in [1.165, 1.54) is 5.01 Å². The molecule has 2 aromatic carbocycles. The molecule has 23 heavy (non-hydrogen) atoms. The van der Waals surface area contributed by atoms with Gasteiger partial charge in [-0.3, -0.25) is 15.0 Å². The summed E-state index contributed by atoms with van der Waals surface area (Å²) in [6, 6.07) is 16.0. The van der Waals surface area contributed by atoms with E-state index in [-0.39, 0.29) is 24.3 Å². The van der Waals surface area contributed by atoms with Crippen LogP contribution in [0.4, 0.5) is 0 Å². The summed E-state index contributed by atoms with van der Waals surface area (Å²) in [5.74, 6) is -0.569. The molecule has 1 heterocycles. The van der Waals surface area contributed by atoms with E-state index in [1.807, 2.05) is 30.3 Å². The van der Waals surface area contributed by atoms with Gasteiger partial charge in [-0.1, -0.05) is 54.1 Å². The van der Waals surface area contributed by atoms with E-state index >= 15 is 0 Å². The Kier molecular flexibility index (Phi) is 4.55. The summed E-state index contributed by atoms with van der Waals surface area (Å²) in [6.07, 6.45) is 0.199. The van der Waals surface area contributed by atoms with Crippen LogP contribution in [0.5, 0.6) is 0 Å². The van der Waals surface area contributed by atoms with E-state index in [1.54, 1.807) is 24.3 Å². The second-order valence-corrected chi connectivity index (χ2v) is 6.21. The van der Waals surface area contributed by atoms with Crippen LogP contribution in [0, 0.1) is 0 Å². The first kappa shape index (κ1) is 15.8. The molecule has 1 N–H and O–H groups in total. The number of nitrogens with zero attached hydrogens (tertiary/aromatic N) is 1. The molecule has 0 aliphatic carbocycles. The highest BCUT2D eigenvalue weighted by molar-refractivity contribution is 6.33. The number of amides is 2. The van der Waals surface area contributed by atoms with Crippen LogP contribution in [0.2, 0.25) is 5.02 Å². The fraction of sp³-hybridized carbons (Fsp3) is 0.176. The molecule has 118 valence electrons. The molecule has 0 aromatic heterocycles. The van der Waals surface area contributed by atoms with E-state index in [2.05, 4.69) is 5.43 Å². The third-order valence-electron chi connectivity index (χ3n) is 3.69. The summed E-state index contributed by atoms with van der Waals surface area (Å²) in [5, 5.41) is 1.20. The molecular weight excluding hydrogens is 335 g/mol. The van der Waals surface area contributed by atoms with Crippen LogP contribution in [0.15, 0.2) is 54.6 Å². The Balaban J connectivity index is 1.69. The molecule has 6 heteroatoms. The minimum Gasteiger partial charge on any atom is -0.273 e. The van der Waals surface area contributed by atoms with Crippen molar-refractivity contribution in [2.45, 2.75) is 17.8 Å². The number of hydrazine groups is 1. The van der Waals surface area contributed by atoms with Crippen LogP contribution in [0.3, 0.4) is 0 Å². The SMILES string of the molecule is O=C(Cc1ccccc1)NN1C(=O)[C@H](Cl)[C@H]1c1ccc(Cl)cc1. The molecule has 0 saturated carbocycles. The Labute approximate surface area is 144 Å². The molecule has 0 radical (unpaired) electrons. The van der Waals surface area contributed by atoms with Gasteiger partial charge in [0.25, 0.3) is 5.91 Å². The van der Waals surface area contributed by atoms with Gasteiger partial charge in [0.05, 0.1) is 6.42 Å². The van der Waals surface area contributed by atoms with Crippen LogP contribution in [0.1, 0.15) is 17.2 Å². The number of carbonyl (C=O) groups excluding carboxylic acids is 2. The Morgan fingerprint density at radius 3 is 2.39 bits per heavy atom. The molecule has 1 saturated heterocycles. The highest BCUT2D eigenvalue weighted by Gasteiger charge is 2.48. The van der Waals surface area contributed by atoms with Crippen molar-refractivity contribution in [3.8, 4) is 0 Å². The molecule has 0 bridgehead atoms. The van der Waals surface area contributed by atoms with Gasteiger partial charge in [-0.2, -0.15) is 0 Å². The van der Waals surface area contributed by atoms with E-state index < -0.39 is 5.38 Å². The van der Waals surface area contributed by atoms with E-state index in [9.17, 15) is 9.59 Å². The Hall–Kier alpha value is -2.04. The van der Waals surface area contributed by atoms with Gasteiger partial charge in [-0.05, 0) is 23.3 Å². The van der Waals surface area contributed by atoms with Gasteiger partial charge in [0, 0.05) is 5.02 Å². The number of carbonyl (C=O) groups is 2. The van der Waals surface area contributed by atoms with Crippen molar-refractivity contribution in [1.82, 2.24) is 10.4 Å². The van der Waals surface area contributed by atoms with E-state index in [0.717, 1.165) is 11.1 Å². The van der Waals surface area contributed by atoms with Crippen LogP contribution < -0.4 is 5.43 Å². The third-order valence-corrected chi connectivity index (χ3v) is 4.37. The first-order chi connectivity index (χ1) is 11.1. The smallest absolute Gasteiger partial charge is 0.262 e. The number of benzene rings is 2. The van der Waals surface area contributed by atoms with Crippen molar-refractivity contribution < 1.29 is 9.59 Å². The fourth-order valence-electron chi connectivity index (χ4n) is 2.51. The lowest BCUT2D eigenvalue weighted by atomic mass is 9.95. The highest BCUT2D eigenvalue weighted by atomic mass is 35.5. The Bertz CT molecular complexity index is 719. The Morgan fingerprint density at radius 1 is 1.09 bits per heavy atom. The molecule has 1 aliphatic rings. The van der Waals surface area contributed by atoms with Gasteiger partial charge in [0.15, 0.2) is 0 Å². The molecule has 4 nitrogen and oxygen atoms in total. The molecule has 0 spiro atoms. The largest absolute Gasteiger partial charge is 0.273 e. The van der Waals surface area contributed by atoms with Crippen molar-refractivity contribution in [2.24, 2.45) is 0 Å². The minimum absolute atomic E-state index is 0.199. The second kappa shape index (κ2) is 6.60. The Morgan fingerprint density at radius 2 is 1.74 bits per heavy atom. The first-order valence-electron chi connectivity index (χ1n) is 7.12. The lowest BCUT2D eigenvalue weighted by Crippen LogP contribution is -2.63. The van der Waals surface area contributed by atoms with Gasteiger partial charge in [-0.25, -0.2) is 5.01 Å². The minimum atomic E-state index is -0.687. The van der Waals surface area contributed by atoms with Crippen LogP contribution >= 0.6 is 23.2 Å². The number of nitrogens with one attached hydrogen (secondary N) is 1. The summed E-state index contributed by atoms with van der Waals surface area (Å²) >= 11 is 12.0. The van der Waals surface area contributed by atoms with Gasteiger partial charge >= 0.3 is 0 Å². The predicted molar refractivity (Wildman–Crippen MR) is 89.0 cm³/mol. The van der Waals surface area contributed by atoms with Gasteiger partial charge in [-0.15, -0.1) is 11.6 Å². The average molecular weight is 349 g/mol. The van der Waals surface area contributed by atoms with Crippen LogP contribution in [-0.2, 0) is 16.0 Å². The summed E-state index contributed by atoms with van der Waals surface area (Å²) in [5.41, 5.74) is 4.34. The van der Waals surface area contributed by atoms with Crippen LogP contribution in [0.25, 0.3) is 0 Å². The molecule has 1 fully saturated rings. The van der Waals surface area contributed by atoms with Gasteiger partial charge < -0.3 is 0 Å². The summed E-state index contributed by atoms with van der Waals surface area (Å²) < 4.78 is 0. The number of hydrogen-bond donors (Lipinski definition) is 1. The molecule has 2 aromatic rings. The number of halogens is 2. The number of β-lactam (4-membered cyclic amide) rings is 1. The lowest BCUT2D eigenvalue weighted by Gasteiger charge is -2.44. The van der Waals surface area contributed by atoms with E-state index in [4.69, 9.17) is 23.2 Å². The summed E-state index contributed by atoms with van der Waals surface area (Å²) in [4.78, 5) is 24.1. The molecular formula is C17H14Cl2N2O2. The van der Waals surface area contributed by atoms with Crippen LogP contribution in [-0.4, -0.2) is 22.2 Å². The number of hydrogen-bond acceptors (Lipinski definition) is 2. The van der Waals surface area contributed by atoms with Crippen molar-refractivity contribution in [3.63, 3.8) is 0 Å². The molecule has 1 aliphatic heterocycles. The zero-order valence-electron chi connectivity index (χ0n) is 12.1. The van der Waals surface area contributed by atoms with Gasteiger partial charge in [0.2, 0.25) is 5.91 Å². The molecule has 2 atom stereocenters. The fourth-order valence-corrected chi connectivity index (χ4v) is 3.00. The molecule has 0 unspecified atom stereocenters. The topological polar surface area (TPSA) is 49.4 Å². The summed E-state index contributed by atoms with van der Waals surface area (Å²) in [6.45, 7) is 0. The quantitative estimate of drug-likeness (QED) is 0.681. The lowest BCUT2D eigenvalue weighted by molar-refractivity contribution is -0.156. The third kappa shape index (κ3) is 3.33. The second-order valence-electron chi connectivity index (χ2n) is 5.30. The standard InChI is InChI=1S/C17H14Cl2N2O2/c18-13-8-6-12(7-9-13)16-15(19)17(23)21(16)20-14(22)10-11-4-2-1-3-5-11/h1-9,15-16H,10H2,(H,20,22)/t15-,16-/m1/s1. The zero-order valence-corrected chi connectivity index (χ0v) is 13.6. The molecule has 3 rings (SSSR count). The predicted octanol–water partition coefficient (Wildman–Crippen LogP) is 3.10. The first-order valence-corrected chi connectivity index (χ1v) is 7.94. The normalized spacial score (nSPS) is 20.1. The number of rotatable bonds is 4. The van der Waals surface area contributed by atoms with Crippen molar-refractivity contribution in [3.05, 3.63) is 70.7 Å². The number of alkyl halides is 1. The maximum Gasteiger partial charge on any atom is 0.262 e. The highest BCUT2D eigenvalue weighted by Crippen LogP contribution is 2.37. The van der Waals surface area contributed by atoms with Crippen molar-refractivity contribution in [2.75, 3.05) is 0 Å². The van der Waals surface area contributed by atoms with Crippen molar-refractivity contribution >= 4 is 35.0 Å². The summed E-state index contributed by atoms with van der Waals surface area (Å²) in [7, 11) is 0. The zero-order chi connectivity index (χ0) is 16.4. The maximum absolute atomic E-state index is 12.1. The monoisotopic (exact) mass is 348 g/mol. The van der Waals surface area contributed by atoms with Crippen molar-refractivity contribution in [1.29, 1.82) is 0 Å². The van der Waals surface area contributed by atoms with Gasteiger partial charge in [0.1, 0.15) is 11.4 Å². The van der Waals surface area contributed by atoms with E-state index in [0.29, 0.717) is 5.02 Å².